The Labute approximate surface area is 173 Å². The molecule has 0 radical (unpaired) electrons. The van der Waals surface area contributed by atoms with E-state index in [-0.39, 0.29) is 11.1 Å². The standard InChI is InChI=1S/C26H16O4/c27-25(28)22-14-15-23-21(16-22)13-12-20(24(23)26(29)30)11-8-17-6-9-19(10-7-17)18-4-2-1-3-5-18/h1-7,9-10,12-16H,(H,27,28)(H,29,30). The number of aromatic carboxylic acids is 2. The summed E-state index contributed by atoms with van der Waals surface area (Å²) in [6, 6.07) is 25.4. The van der Waals surface area contributed by atoms with E-state index in [4.69, 9.17) is 5.11 Å². The van der Waals surface area contributed by atoms with Gasteiger partial charge < -0.3 is 10.2 Å². The predicted octanol–water partition coefficient (Wildman–Crippen LogP) is 5.30. The minimum atomic E-state index is -1.10. The summed E-state index contributed by atoms with van der Waals surface area (Å²) in [6.07, 6.45) is 0. The number of fused-ring (bicyclic) bond motifs is 1. The minimum absolute atomic E-state index is 0.0674. The van der Waals surface area contributed by atoms with Gasteiger partial charge in [0, 0.05) is 11.1 Å². The smallest absolute Gasteiger partial charge is 0.337 e. The molecule has 0 aromatic heterocycles. The molecule has 0 aliphatic rings. The summed E-state index contributed by atoms with van der Waals surface area (Å²) in [5.41, 5.74) is 3.51. The Morgan fingerprint density at radius 3 is 2.03 bits per heavy atom. The summed E-state index contributed by atoms with van der Waals surface area (Å²) in [4.78, 5) is 23.0. The third-order valence-corrected chi connectivity index (χ3v) is 4.81. The van der Waals surface area contributed by atoms with E-state index in [0.29, 0.717) is 16.3 Å². The maximum Gasteiger partial charge on any atom is 0.337 e. The molecule has 0 heterocycles. The Kier molecular flexibility index (Phi) is 5.02. The lowest BCUT2D eigenvalue weighted by atomic mass is 9.97. The molecule has 4 aromatic rings. The third-order valence-electron chi connectivity index (χ3n) is 4.81. The molecule has 30 heavy (non-hydrogen) atoms. The van der Waals surface area contributed by atoms with Gasteiger partial charge in [-0.15, -0.1) is 0 Å². The van der Waals surface area contributed by atoms with Crippen molar-refractivity contribution in [1.29, 1.82) is 0 Å². The average Bonchev–Trinajstić information content (AvgIpc) is 2.77. The molecular formula is C26H16O4. The molecule has 144 valence electrons. The van der Waals surface area contributed by atoms with E-state index in [9.17, 15) is 14.7 Å². The second-order valence-electron chi connectivity index (χ2n) is 6.73. The first-order chi connectivity index (χ1) is 14.5. The van der Waals surface area contributed by atoms with E-state index >= 15 is 0 Å². The van der Waals surface area contributed by atoms with Crippen LogP contribution in [0.3, 0.4) is 0 Å². The van der Waals surface area contributed by atoms with Crippen LogP contribution in [0.25, 0.3) is 21.9 Å². The molecule has 0 bridgehead atoms. The van der Waals surface area contributed by atoms with Crippen molar-refractivity contribution in [2.24, 2.45) is 0 Å². The van der Waals surface area contributed by atoms with Gasteiger partial charge >= 0.3 is 11.9 Å². The maximum absolute atomic E-state index is 11.9. The molecule has 2 N–H and O–H groups in total. The Morgan fingerprint density at radius 2 is 1.37 bits per heavy atom. The van der Waals surface area contributed by atoms with Crippen LogP contribution in [0.2, 0.25) is 0 Å². The van der Waals surface area contributed by atoms with Gasteiger partial charge in [-0.2, -0.15) is 0 Å². The van der Waals surface area contributed by atoms with Crippen molar-refractivity contribution in [3.8, 4) is 23.0 Å². The quantitative estimate of drug-likeness (QED) is 0.464. The van der Waals surface area contributed by atoms with Crippen LogP contribution in [-0.4, -0.2) is 22.2 Å². The number of hydrogen-bond donors (Lipinski definition) is 2. The van der Waals surface area contributed by atoms with Crippen molar-refractivity contribution in [3.63, 3.8) is 0 Å². The number of hydrogen-bond acceptors (Lipinski definition) is 2. The van der Waals surface area contributed by atoms with Crippen LogP contribution in [-0.2, 0) is 0 Å². The maximum atomic E-state index is 11.9. The van der Waals surface area contributed by atoms with Crippen LogP contribution < -0.4 is 0 Å². The van der Waals surface area contributed by atoms with Gasteiger partial charge in [-0.25, -0.2) is 9.59 Å². The zero-order valence-corrected chi connectivity index (χ0v) is 15.8. The van der Waals surface area contributed by atoms with Crippen molar-refractivity contribution < 1.29 is 19.8 Å². The molecule has 0 aliphatic carbocycles. The number of rotatable bonds is 3. The summed E-state index contributed by atoms with van der Waals surface area (Å²) in [7, 11) is 0. The third kappa shape index (κ3) is 3.78. The van der Waals surface area contributed by atoms with Crippen LogP contribution in [0.4, 0.5) is 0 Å². The Bertz CT molecular complexity index is 1320. The summed E-state index contributed by atoms with van der Waals surface area (Å²) >= 11 is 0. The molecule has 4 nitrogen and oxygen atoms in total. The lowest BCUT2D eigenvalue weighted by molar-refractivity contribution is 0.0688. The van der Waals surface area contributed by atoms with E-state index in [1.54, 1.807) is 12.1 Å². The summed E-state index contributed by atoms with van der Waals surface area (Å²) in [6.45, 7) is 0. The highest BCUT2D eigenvalue weighted by Gasteiger charge is 2.15. The van der Waals surface area contributed by atoms with Gasteiger partial charge in [0.2, 0.25) is 0 Å². The zero-order chi connectivity index (χ0) is 21.1. The van der Waals surface area contributed by atoms with Crippen molar-refractivity contribution in [3.05, 3.63) is 107 Å². The highest BCUT2D eigenvalue weighted by Crippen LogP contribution is 2.24. The Balaban J connectivity index is 1.71. The molecule has 0 aliphatic heterocycles. The van der Waals surface area contributed by atoms with Crippen molar-refractivity contribution >= 4 is 22.7 Å². The highest BCUT2D eigenvalue weighted by molar-refractivity contribution is 6.07. The molecule has 0 fully saturated rings. The van der Waals surface area contributed by atoms with Crippen molar-refractivity contribution in [2.75, 3.05) is 0 Å². The summed E-state index contributed by atoms with van der Waals surface area (Å²) in [5, 5.41) is 19.9. The minimum Gasteiger partial charge on any atom is -0.478 e. The van der Waals surface area contributed by atoms with Crippen LogP contribution in [0.15, 0.2) is 84.9 Å². The molecule has 4 rings (SSSR count). The normalized spacial score (nSPS) is 10.3. The molecule has 0 saturated carbocycles. The van der Waals surface area contributed by atoms with Gasteiger partial charge in [0.25, 0.3) is 0 Å². The van der Waals surface area contributed by atoms with Gasteiger partial charge in [0.05, 0.1) is 11.1 Å². The Hall–Kier alpha value is -4.36. The second-order valence-corrected chi connectivity index (χ2v) is 6.73. The number of carboxylic acids is 2. The van der Waals surface area contributed by atoms with Crippen LogP contribution in [0, 0.1) is 11.8 Å². The molecule has 4 aromatic carbocycles. The van der Waals surface area contributed by atoms with Crippen LogP contribution in [0.1, 0.15) is 31.8 Å². The molecule has 0 atom stereocenters. The number of benzene rings is 4. The first-order valence-corrected chi connectivity index (χ1v) is 9.24. The molecular weight excluding hydrogens is 376 g/mol. The lowest BCUT2D eigenvalue weighted by Gasteiger charge is -2.06. The second kappa shape index (κ2) is 7.94. The monoisotopic (exact) mass is 392 g/mol. The molecule has 0 spiro atoms. The van der Waals surface area contributed by atoms with E-state index in [0.717, 1.165) is 16.7 Å². The van der Waals surface area contributed by atoms with Crippen LogP contribution >= 0.6 is 0 Å². The van der Waals surface area contributed by atoms with Crippen molar-refractivity contribution in [1.82, 2.24) is 0 Å². The van der Waals surface area contributed by atoms with Gasteiger partial charge in [-0.05, 0) is 52.2 Å². The Morgan fingerprint density at radius 1 is 0.667 bits per heavy atom. The fraction of sp³-hybridized carbons (Fsp3) is 0. The van der Waals surface area contributed by atoms with E-state index in [2.05, 4.69) is 11.8 Å². The van der Waals surface area contributed by atoms with Gasteiger partial charge in [-0.1, -0.05) is 66.4 Å². The largest absolute Gasteiger partial charge is 0.478 e. The topological polar surface area (TPSA) is 74.6 Å². The molecule has 4 heteroatoms. The first kappa shape index (κ1) is 19.0. The van der Waals surface area contributed by atoms with Gasteiger partial charge in [-0.3, -0.25) is 0 Å². The lowest BCUT2D eigenvalue weighted by Crippen LogP contribution is -2.03. The average molecular weight is 392 g/mol. The zero-order valence-electron chi connectivity index (χ0n) is 15.8. The highest BCUT2D eigenvalue weighted by atomic mass is 16.4. The molecule has 0 unspecified atom stereocenters. The van der Waals surface area contributed by atoms with E-state index in [1.165, 1.54) is 18.2 Å². The summed E-state index contributed by atoms with van der Waals surface area (Å²) in [5.74, 6) is 3.81. The van der Waals surface area contributed by atoms with Gasteiger partial charge in [0.1, 0.15) is 0 Å². The van der Waals surface area contributed by atoms with Gasteiger partial charge in [0.15, 0.2) is 0 Å². The van der Waals surface area contributed by atoms with E-state index in [1.807, 2.05) is 54.6 Å². The first-order valence-electron chi connectivity index (χ1n) is 9.24. The number of carbonyl (C=O) groups is 2. The van der Waals surface area contributed by atoms with E-state index < -0.39 is 11.9 Å². The predicted molar refractivity (Wildman–Crippen MR) is 116 cm³/mol. The van der Waals surface area contributed by atoms with Crippen molar-refractivity contribution in [2.45, 2.75) is 0 Å². The molecule has 0 amide bonds. The SMILES string of the molecule is O=C(O)c1ccc2c(C(=O)O)c(C#Cc3ccc(-c4ccccc4)cc3)ccc2c1. The fourth-order valence-electron chi connectivity index (χ4n) is 3.31. The number of carboxylic acid groups (broad SMARTS) is 2. The fourth-order valence-corrected chi connectivity index (χ4v) is 3.31. The van der Waals surface area contributed by atoms with Crippen LogP contribution in [0.5, 0.6) is 0 Å². The summed E-state index contributed by atoms with van der Waals surface area (Å²) < 4.78 is 0. The molecule has 0 saturated heterocycles.